The van der Waals surface area contributed by atoms with Crippen molar-refractivity contribution in [2.45, 2.75) is 92.7 Å². The number of nitrogens with one attached hydrogen (secondary N) is 4. The maximum absolute atomic E-state index is 14.0. The fourth-order valence-corrected chi connectivity index (χ4v) is 10.5. The van der Waals surface area contributed by atoms with Gasteiger partial charge in [-0.05, 0) is 93.0 Å². The first-order valence-corrected chi connectivity index (χ1v) is 28.6. The monoisotopic (exact) mass is 1120 g/mol. The zero-order valence-electron chi connectivity index (χ0n) is 48.0. The van der Waals surface area contributed by atoms with Crippen molar-refractivity contribution in [2.24, 2.45) is 16.8 Å². The molecule has 1 aliphatic carbocycles. The highest BCUT2D eigenvalue weighted by Crippen LogP contribution is 2.50. The van der Waals surface area contributed by atoms with Crippen LogP contribution in [0.4, 0.5) is 11.4 Å². The van der Waals surface area contributed by atoms with E-state index in [2.05, 4.69) is 62.6 Å². The SMILES string of the molecule is CC/N=C1/C=C2Oc3cc(NCC)c(C)cc3C(c3ccc(C(=O)NCCOCCOCCOCCNC(=O)CCC(=O)N4Cc5ccccc5-c5c(nnn5CCCC(=O)NCCC(C)C)-c5ccccc54)cc3C(=O)O)C2C=C1C. The number of amides is 4. The van der Waals surface area contributed by atoms with E-state index in [0.717, 1.165) is 63.4 Å². The normalized spacial score (nSPS) is 15.5. The van der Waals surface area contributed by atoms with Gasteiger partial charge in [-0.15, -0.1) is 5.10 Å². The Labute approximate surface area is 479 Å². The zero-order chi connectivity index (χ0) is 58.1. The number of nitrogens with zero attached hydrogens (tertiary/aromatic N) is 5. The highest BCUT2D eigenvalue weighted by Gasteiger charge is 2.40. The van der Waals surface area contributed by atoms with Crippen LogP contribution in [0.2, 0.25) is 0 Å². The number of ether oxygens (including phenoxy) is 4. The van der Waals surface area contributed by atoms with Gasteiger partial charge in [-0.25, -0.2) is 9.48 Å². The number of aromatic carboxylic acids is 1. The molecule has 1 aromatic heterocycles. The van der Waals surface area contributed by atoms with Crippen molar-refractivity contribution in [3.63, 3.8) is 0 Å². The van der Waals surface area contributed by atoms with Gasteiger partial charge in [0.1, 0.15) is 17.2 Å². The number of hydrogen-bond donors (Lipinski definition) is 5. The van der Waals surface area contributed by atoms with Gasteiger partial charge >= 0.3 is 5.97 Å². The van der Waals surface area contributed by atoms with Crippen LogP contribution in [0.3, 0.4) is 0 Å². The topological polar surface area (TPSA) is 237 Å². The Bertz CT molecular complexity index is 3200. The van der Waals surface area contributed by atoms with Gasteiger partial charge in [0, 0.05) is 110 Å². The largest absolute Gasteiger partial charge is 0.478 e. The summed E-state index contributed by atoms with van der Waals surface area (Å²) in [4.78, 5) is 72.1. The second kappa shape index (κ2) is 29.1. The highest BCUT2D eigenvalue weighted by atomic mass is 16.5. The number of carboxylic acid groups (broad SMARTS) is 1. The van der Waals surface area contributed by atoms with E-state index >= 15 is 0 Å². The Morgan fingerprint density at radius 2 is 1.49 bits per heavy atom. The quantitative estimate of drug-likeness (QED) is 0.0295. The lowest BCUT2D eigenvalue weighted by Gasteiger charge is -2.37. The summed E-state index contributed by atoms with van der Waals surface area (Å²) in [5.74, 6) is -0.852. The molecular formula is C63H77N9O10. The lowest BCUT2D eigenvalue weighted by molar-refractivity contribution is -0.125. The van der Waals surface area contributed by atoms with Gasteiger partial charge in [0.05, 0.1) is 68.8 Å². The van der Waals surface area contributed by atoms with Gasteiger partial charge in [-0.1, -0.05) is 73.7 Å². The molecule has 0 bridgehead atoms. The summed E-state index contributed by atoms with van der Waals surface area (Å²) in [6.07, 6.45) is 5.93. The Morgan fingerprint density at radius 1 is 0.793 bits per heavy atom. The third-order valence-electron chi connectivity index (χ3n) is 14.6. The fraction of sp³-hybridized carbons (Fsp3) is 0.429. The summed E-state index contributed by atoms with van der Waals surface area (Å²) in [5.41, 5.74) is 10.2. The predicted molar refractivity (Wildman–Crippen MR) is 315 cm³/mol. The molecule has 3 aliphatic rings. The van der Waals surface area contributed by atoms with E-state index < -0.39 is 17.8 Å². The van der Waals surface area contributed by atoms with Gasteiger partial charge in [-0.3, -0.25) is 24.2 Å². The third-order valence-corrected chi connectivity index (χ3v) is 14.6. The number of carboxylic acids is 1. The standard InChI is InChI=1S/C63H77N9O10/c1-7-64-51-37-54-49(34-41(51)5)59(50-35-42(6)52(65-8-2)38-55(50)82-54)46-20-19-43(36-48(46)63(77)78)62(76)68-26-29-80-31-33-81-32-30-79-28-25-67-57(74)21-22-58(75)71-39-44-14-9-10-15-45(44)61-60(47-16-11-12-17-53(47)71)69-70-72(61)27-13-18-56(73)66-24-23-40(3)4/h9-12,14-17,19-20,34-38,40,49,59,65H,7-8,13,18,21-33,39H2,1-6H3,(H,66,73)(H,67,74)(H,68,76)(H,77,78)/b64-51-. The highest BCUT2D eigenvalue weighted by molar-refractivity contribution is 6.09. The van der Waals surface area contributed by atoms with E-state index in [1.165, 1.54) is 6.07 Å². The predicted octanol–water partition coefficient (Wildman–Crippen LogP) is 8.66. The maximum Gasteiger partial charge on any atom is 0.336 e. The summed E-state index contributed by atoms with van der Waals surface area (Å²) in [7, 11) is 0. The zero-order valence-corrected chi connectivity index (χ0v) is 48.0. The number of aliphatic imine (C=N–C) groups is 1. The molecule has 0 saturated carbocycles. The molecule has 2 unspecified atom stereocenters. The first kappa shape index (κ1) is 60.1. The summed E-state index contributed by atoms with van der Waals surface area (Å²) in [6.45, 7) is 17.2. The average Bonchev–Trinajstić information content (AvgIpc) is 4.02. The summed E-state index contributed by atoms with van der Waals surface area (Å²) in [6, 6.07) is 24.3. The van der Waals surface area contributed by atoms with Crippen LogP contribution in [0, 0.1) is 18.8 Å². The van der Waals surface area contributed by atoms with Crippen LogP contribution in [0.15, 0.2) is 107 Å². The number of carbonyl (C=O) groups excluding carboxylic acids is 4. The van der Waals surface area contributed by atoms with Crippen LogP contribution in [0.25, 0.3) is 22.5 Å². The third kappa shape index (κ3) is 15.1. The number of fused-ring (bicyclic) bond motifs is 7. The number of aromatic nitrogens is 3. The second-order valence-corrected chi connectivity index (χ2v) is 20.9. The van der Waals surface area contributed by atoms with Crippen LogP contribution in [-0.2, 0) is 41.7 Å². The minimum absolute atomic E-state index is 0.00396. The number of carbonyl (C=O) groups is 5. The van der Waals surface area contributed by atoms with E-state index in [1.54, 1.807) is 17.0 Å². The molecule has 8 rings (SSSR count). The van der Waals surface area contributed by atoms with Crippen LogP contribution >= 0.6 is 0 Å². The molecular weight excluding hydrogens is 1040 g/mol. The molecule has 0 fully saturated rings. The van der Waals surface area contributed by atoms with Crippen LogP contribution in [0.5, 0.6) is 5.75 Å². The number of benzene rings is 4. The van der Waals surface area contributed by atoms with Crippen molar-refractivity contribution in [3.8, 4) is 28.3 Å². The van der Waals surface area contributed by atoms with Crippen molar-refractivity contribution in [3.05, 3.63) is 136 Å². The van der Waals surface area contributed by atoms with Crippen LogP contribution in [0.1, 0.15) is 116 Å². The van der Waals surface area contributed by atoms with E-state index in [9.17, 15) is 29.1 Å². The van der Waals surface area contributed by atoms with Gasteiger partial charge < -0.3 is 50.2 Å². The summed E-state index contributed by atoms with van der Waals surface area (Å²) < 4.78 is 25.3. The molecule has 4 amide bonds. The lowest BCUT2D eigenvalue weighted by Crippen LogP contribution is -2.34. The van der Waals surface area contributed by atoms with Crippen molar-refractivity contribution >= 4 is 46.7 Å². The first-order valence-electron chi connectivity index (χ1n) is 28.6. The Hall–Kier alpha value is -8.00. The molecule has 0 saturated heterocycles. The number of allylic oxidation sites excluding steroid dienone is 3. The molecule has 82 heavy (non-hydrogen) atoms. The van der Waals surface area contributed by atoms with Crippen molar-refractivity contribution in [1.82, 2.24) is 30.9 Å². The molecule has 2 aliphatic heterocycles. The van der Waals surface area contributed by atoms with Crippen molar-refractivity contribution in [2.75, 3.05) is 82.6 Å². The molecule has 0 radical (unpaired) electrons. The molecule has 5 aromatic rings. The van der Waals surface area contributed by atoms with Crippen molar-refractivity contribution in [1.29, 1.82) is 0 Å². The minimum atomic E-state index is -1.14. The van der Waals surface area contributed by atoms with E-state index in [1.807, 2.05) is 93.1 Å². The van der Waals surface area contributed by atoms with E-state index in [4.69, 9.17) is 18.9 Å². The number of hydrogen-bond acceptors (Lipinski definition) is 13. The van der Waals surface area contributed by atoms with Gasteiger partial charge in [-0.2, -0.15) is 0 Å². The van der Waals surface area contributed by atoms with E-state index in [-0.39, 0.29) is 87.1 Å². The molecule has 19 heteroatoms. The Kier molecular flexibility index (Phi) is 21.3. The number of rotatable bonds is 28. The van der Waals surface area contributed by atoms with Crippen molar-refractivity contribution < 1.29 is 48.0 Å². The molecule has 19 nitrogen and oxygen atoms in total. The Morgan fingerprint density at radius 3 is 2.22 bits per heavy atom. The molecule has 4 aromatic carbocycles. The van der Waals surface area contributed by atoms with Gasteiger partial charge in [0.2, 0.25) is 17.7 Å². The maximum atomic E-state index is 14.0. The fourth-order valence-electron chi connectivity index (χ4n) is 10.5. The molecule has 434 valence electrons. The lowest BCUT2D eigenvalue weighted by atomic mass is 9.73. The molecule has 2 atom stereocenters. The second-order valence-electron chi connectivity index (χ2n) is 20.9. The molecule has 3 heterocycles. The minimum Gasteiger partial charge on any atom is -0.478 e. The van der Waals surface area contributed by atoms with Crippen LogP contribution in [-0.4, -0.2) is 128 Å². The summed E-state index contributed by atoms with van der Waals surface area (Å²) >= 11 is 0. The van der Waals surface area contributed by atoms with Gasteiger partial charge in [0.25, 0.3) is 5.91 Å². The number of aryl methyl sites for hydroxylation is 2. The van der Waals surface area contributed by atoms with E-state index in [0.29, 0.717) is 86.7 Å². The van der Waals surface area contributed by atoms with Gasteiger partial charge in [0.15, 0.2) is 0 Å². The Balaban J connectivity index is 0.733. The summed E-state index contributed by atoms with van der Waals surface area (Å²) in [5, 5.41) is 31.8. The van der Waals surface area contributed by atoms with Crippen LogP contribution < -0.4 is 30.9 Å². The number of anilines is 2. The first-order chi connectivity index (χ1) is 39.8. The molecule has 0 spiro atoms. The average molecular weight is 1120 g/mol. The molecule has 5 N–H and O–H groups in total. The smallest absolute Gasteiger partial charge is 0.336 e. The number of para-hydroxylation sites is 1.